The van der Waals surface area contributed by atoms with Gasteiger partial charge in [0.15, 0.2) is 0 Å². The van der Waals surface area contributed by atoms with E-state index < -0.39 is 5.60 Å². The van der Waals surface area contributed by atoms with Crippen molar-refractivity contribution in [1.29, 1.82) is 5.26 Å². The van der Waals surface area contributed by atoms with Gasteiger partial charge < -0.3 is 14.7 Å². The molecule has 3 aromatic rings. The van der Waals surface area contributed by atoms with Crippen molar-refractivity contribution in [3.05, 3.63) is 95.1 Å². The third-order valence-corrected chi connectivity index (χ3v) is 7.86. The lowest BCUT2D eigenvalue weighted by atomic mass is 9.80. The summed E-state index contributed by atoms with van der Waals surface area (Å²) < 4.78 is 5.93. The van der Waals surface area contributed by atoms with Gasteiger partial charge in [-0.15, -0.1) is 0 Å². The highest BCUT2D eigenvalue weighted by atomic mass is 16.6. The van der Waals surface area contributed by atoms with E-state index in [2.05, 4.69) is 30.3 Å². The van der Waals surface area contributed by atoms with E-state index in [1.165, 1.54) is 22.3 Å². The summed E-state index contributed by atoms with van der Waals surface area (Å²) in [6.45, 7) is 0.308. The van der Waals surface area contributed by atoms with Crippen LogP contribution in [0.2, 0.25) is 0 Å². The molecule has 3 aliphatic rings. The molecule has 1 aliphatic carbocycles. The number of fused-ring (bicyclic) bond motifs is 5. The second-order valence-corrected chi connectivity index (χ2v) is 9.73. The number of nitriles is 1. The van der Waals surface area contributed by atoms with Gasteiger partial charge in [-0.05, 0) is 52.8 Å². The summed E-state index contributed by atoms with van der Waals surface area (Å²) in [5.74, 6) is 0.0365. The number of aliphatic hydroxyl groups is 1. The molecule has 2 aliphatic heterocycles. The number of hydrogen-bond acceptors (Lipinski definition) is 4. The lowest BCUT2D eigenvalue weighted by Gasteiger charge is -2.43. The molecule has 170 valence electrons. The molecule has 0 aromatic heterocycles. The van der Waals surface area contributed by atoms with Crippen LogP contribution in [0.3, 0.4) is 0 Å². The molecular formula is C29H26N2O3. The first-order valence-electron chi connectivity index (χ1n) is 11.9. The Hall–Kier alpha value is -3.62. The minimum atomic E-state index is -0.986. The van der Waals surface area contributed by atoms with Gasteiger partial charge in [0.2, 0.25) is 0 Å². The highest BCUT2D eigenvalue weighted by Gasteiger charge is 2.50. The molecule has 0 radical (unpaired) electrons. The Morgan fingerprint density at radius 1 is 0.941 bits per heavy atom. The number of nitrogens with zero attached hydrogens (tertiary/aromatic N) is 2. The van der Waals surface area contributed by atoms with E-state index in [0.717, 1.165) is 18.4 Å². The van der Waals surface area contributed by atoms with E-state index in [-0.39, 0.29) is 24.1 Å². The second kappa shape index (κ2) is 8.00. The van der Waals surface area contributed by atoms with Crippen molar-refractivity contribution in [2.45, 2.75) is 49.3 Å². The highest BCUT2D eigenvalue weighted by Crippen LogP contribution is 2.47. The molecule has 2 unspecified atom stereocenters. The normalized spacial score (nSPS) is 24.9. The molecule has 1 amide bonds. The van der Waals surface area contributed by atoms with E-state index in [1.807, 2.05) is 41.3 Å². The molecule has 1 N–H and O–H groups in total. The van der Waals surface area contributed by atoms with Gasteiger partial charge in [0.05, 0.1) is 17.2 Å². The molecule has 2 bridgehead atoms. The van der Waals surface area contributed by atoms with Crippen LogP contribution in [0, 0.1) is 11.3 Å². The summed E-state index contributed by atoms with van der Waals surface area (Å²) >= 11 is 0. The summed E-state index contributed by atoms with van der Waals surface area (Å²) in [5.41, 5.74) is 5.23. The lowest BCUT2D eigenvalue weighted by molar-refractivity contribution is -0.0531. The van der Waals surface area contributed by atoms with Crippen molar-refractivity contribution in [3.63, 3.8) is 0 Å². The Morgan fingerprint density at radius 3 is 2.06 bits per heavy atom. The van der Waals surface area contributed by atoms with Crippen LogP contribution in [0.5, 0.6) is 0 Å². The van der Waals surface area contributed by atoms with Crippen molar-refractivity contribution in [2.24, 2.45) is 0 Å². The lowest BCUT2D eigenvalue weighted by Crippen LogP contribution is -2.52. The zero-order chi connectivity index (χ0) is 23.3. The summed E-state index contributed by atoms with van der Waals surface area (Å²) in [4.78, 5) is 15.1. The molecule has 0 spiro atoms. The molecule has 5 nitrogen and oxygen atoms in total. The van der Waals surface area contributed by atoms with Crippen LogP contribution in [0.1, 0.15) is 53.9 Å². The number of carbonyl (C=O) groups is 1. The van der Waals surface area contributed by atoms with E-state index in [4.69, 9.17) is 10.00 Å². The molecular weight excluding hydrogens is 424 g/mol. The Morgan fingerprint density at radius 2 is 1.50 bits per heavy atom. The van der Waals surface area contributed by atoms with Crippen molar-refractivity contribution in [1.82, 2.24) is 4.90 Å². The van der Waals surface area contributed by atoms with E-state index in [9.17, 15) is 9.90 Å². The topological polar surface area (TPSA) is 73.6 Å². The highest BCUT2D eigenvalue weighted by molar-refractivity contribution is 5.79. The standard InChI is InChI=1S/C29H26N2O3/c30-17-19-9-11-20(12-10-19)29(33)15-21-13-14-22(16-29)31(21)28(32)34-18-27-25-7-3-1-5-23(25)24-6-2-4-8-26(24)27/h1-12,21-22,27,33H,13-16,18H2. The van der Waals surface area contributed by atoms with Crippen LogP contribution in [0.4, 0.5) is 4.79 Å². The quantitative estimate of drug-likeness (QED) is 0.586. The molecule has 5 heteroatoms. The molecule has 2 atom stereocenters. The molecule has 34 heavy (non-hydrogen) atoms. The third kappa shape index (κ3) is 3.29. The maximum absolute atomic E-state index is 13.3. The Bertz CT molecular complexity index is 1230. The molecule has 2 heterocycles. The molecule has 0 saturated carbocycles. The fraction of sp³-hybridized carbons (Fsp3) is 0.310. The Balaban J connectivity index is 1.18. The number of benzene rings is 3. The summed E-state index contributed by atoms with van der Waals surface area (Å²) in [6, 6.07) is 25.8. The number of hydrogen-bond donors (Lipinski definition) is 1. The van der Waals surface area contributed by atoms with Gasteiger partial charge in [-0.25, -0.2) is 4.79 Å². The Labute approximate surface area is 199 Å². The van der Waals surface area contributed by atoms with Crippen LogP contribution < -0.4 is 0 Å². The average Bonchev–Trinajstić information content (AvgIpc) is 3.34. The van der Waals surface area contributed by atoms with Gasteiger partial charge in [0.25, 0.3) is 0 Å². The molecule has 3 aromatic carbocycles. The number of rotatable bonds is 3. The summed E-state index contributed by atoms with van der Waals surface area (Å²) in [5, 5.41) is 20.5. The van der Waals surface area contributed by atoms with Crippen LogP contribution >= 0.6 is 0 Å². The molecule has 6 rings (SSSR count). The second-order valence-electron chi connectivity index (χ2n) is 9.73. The van der Waals surface area contributed by atoms with Crippen molar-refractivity contribution in [3.8, 4) is 17.2 Å². The van der Waals surface area contributed by atoms with Crippen molar-refractivity contribution < 1.29 is 14.6 Å². The first-order valence-corrected chi connectivity index (χ1v) is 11.9. The van der Waals surface area contributed by atoms with Crippen molar-refractivity contribution >= 4 is 6.09 Å². The predicted molar refractivity (Wildman–Crippen MR) is 128 cm³/mol. The predicted octanol–water partition coefficient (Wildman–Crippen LogP) is 5.32. The Kier molecular flexibility index (Phi) is 4.93. The molecule has 2 fully saturated rings. The third-order valence-electron chi connectivity index (χ3n) is 7.86. The van der Waals surface area contributed by atoms with Gasteiger partial charge in [-0.2, -0.15) is 5.26 Å². The van der Waals surface area contributed by atoms with E-state index in [1.54, 1.807) is 12.1 Å². The van der Waals surface area contributed by atoms with Gasteiger partial charge in [-0.3, -0.25) is 0 Å². The summed E-state index contributed by atoms with van der Waals surface area (Å²) in [7, 11) is 0. The fourth-order valence-electron chi connectivity index (χ4n) is 6.28. The van der Waals surface area contributed by atoms with E-state index in [0.29, 0.717) is 25.0 Å². The number of carbonyl (C=O) groups excluding carboxylic acids is 1. The number of amides is 1. The average molecular weight is 451 g/mol. The fourth-order valence-corrected chi connectivity index (χ4v) is 6.28. The van der Waals surface area contributed by atoms with Crippen LogP contribution in [-0.4, -0.2) is 34.8 Å². The first-order chi connectivity index (χ1) is 16.6. The van der Waals surface area contributed by atoms with Gasteiger partial charge in [0, 0.05) is 30.8 Å². The van der Waals surface area contributed by atoms with Crippen LogP contribution in [0.25, 0.3) is 11.1 Å². The van der Waals surface area contributed by atoms with Crippen molar-refractivity contribution in [2.75, 3.05) is 6.61 Å². The molecule has 2 saturated heterocycles. The number of piperidine rings is 1. The van der Waals surface area contributed by atoms with Gasteiger partial charge >= 0.3 is 6.09 Å². The SMILES string of the molecule is N#Cc1ccc(C2(O)CC3CCC(C2)N3C(=O)OCC2c3ccccc3-c3ccccc32)cc1. The number of ether oxygens (including phenoxy) is 1. The van der Waals surface area contributed by atoms with Gasteiger partial charge in [-0.1, -0.05) is 60.7 Å². The largest absolute Gasteiger partial charge is 0.448 e. The maximum atomic E-state index is 13.3. The zero-order valence-electron chi connectivity index (χ0n) is 18.9. The van der Waals surface area contributed by atoms with Gasteiger partial charge in [0.1, 0.15) is 6.61 Å². The minimum Gasteiger partial charge on any atom is -0.448 e. The maximum Gasteiger partial charge on any atom is 0.410 e. The zero-order valence-corrected chi connectivity index (χ0v) is 18.9. The monoisotopic (exact) mass is 450 g/mol. The van der Waals surface area contributed by atoms with Crippen LogP contribution in [-0.2, 0) is 10.3 Å². The first kappa shape index (κ1) is 20.9. The smallest absolute Gasteiger partial charge is 0.410 e. The minimum absolute atomic E-state index is 0.0365. The van der Waals surface area contributed by atoms with Crippen LogP contribution in [0.15, 0.2) is 72.8 Å². The van der Waals surface area contributed by atoms with E-state index >= 15 is 0 Å². The summed E-state index contributed by atoms with van der Waals surface area (Å²) in [6.07, 6.45) is 2.43.